The number of carbonyl (C=O) groups is 1. The highest BCUT2D eigenvalue weighted by Gasteiger charge is 2.24. The zero-order chi connectivity index (χ0) is 11.5. The average molecular weight is 285 g/mol. The predicted octanol–water partition coefficient (Wildman–Crippen LogP) is 1.76. The van der Waals surface area contributed by atoms with E-state index in [0.29, 0.717) is 19.7 Å². The van der Waals surface area contributed by atoms with E-state index in [1.54, 1.807) is 18.0 Å². The molecule has 86 valence electrons. The first-order valence-electron chi connectivity index (χ1n) is 5.15. The number of hydrogen-bond donors (Lipinski definition) is 0. The van der Waals surface area contributed by atoms with Crippen molar-refractivity contribution < 1.29 is 9.53 Å². The summed E-state index contributed by atoms with van der Waals surface area (Å²) >= 11 is 3.34. The highest BCUT2D eigenvalue weighted by molar-refractivity contribution is 9.10. The minimum atomic E-state index is -0.106. The van der Waals surface area contributed by atoms with Crippen molar-refractivity contribution in [2.75, 3.05) is 19.7 Å². The summed E-state index contributed by atoms with van der Waals surface area (Å²) < 4.78 is 6.55. The van der Waals surface area contributed by atoms with Crippen LogP contribution in [0, 0.1) is 0 Å². The molecule has 1 fully saturated rings. The number of ether oxygens (including phenoxy) is 1. The average Bonchev–Trinajstić information content (AvgIpc) is 2.30. The van der Waals surface area contributed by atoms with Gasteiger partial charge in [-0.2, -0.15) is 0 Å². The van der Waals surface area contributed by atoms with E-state index in [9.17, 15) is 4.79 Å². The van der Waals surface area contributed by atoms with Gasteiger partial charge in [0.15, 0.2) is 0 Å². The van der Waals surface area contributed by atoms with E-state index >= 15 is 0 Å². The molecule has 1 saturated heterocycles. The third-order valence-electron chi connectivity index (χ3n) is 2.59. The van der Waals surface area contributed by atoms with Crippen molar-refractivity contribution in [2.45, 2.75) is 13.0 Å². The van der Waals surface area contributed by atoms with Gasteiger partial charge in [0, 0.05) is 24.1 Å². The molecule has 2 rings (SSSR count). The van der Waals surface area contributed by atoms with Gasteiger partial charge in [0.2, 0.25) is 5.91 Å². The van der Waals surface area contributed by atoms with Crippen molar-refractivity contribution >= 4 is 21.8 Å². The Labute approximate surface area is 103 Å². The van der Waals surface area contributed by atoms with Crippen molar-refractivity contribution in [2.24, 2.45) is 0 Å². The van der Waals surface area contributed by atoms with Crippen LogP contribution >= 0.6 is 15.9 Å². The molecule has 0 saturated carbocycles. The van der Waals surface area contributed by atoms with Gasteiger partial charge in [-0.3, -0.25) is 9.78 Å². The van der Waals surface area contributed by atoms with E-state index in [1.807, 2.05) is 12.1 Å². The largest absolute Gasteiger partial charge is 0.368 e. The van der Waals surface area contributed by atoms with Crippen molar-refractivity contribution in [1.82, 2.24) is 9.88 Å². The summed E-state index contributed by atoms with van der Waals surface area (Å²) in [6.45, 7) is 3.41. The number of halogens is 1. The van der Waals surface area contributed by atoms with Gasteiger partial charge in [0.25, 0.3) is 0 Å². The molecule has 1 aliphatic heterocycles. The van der Waals surface area contributed by atoms with Gasteiger partial charge in [0.1, 0.15) is 6.10 Å². The SMILES string of the molecule is CC(=O)N1CCO[C@@H](c2ccc(Br)cn2)C1. The highest BCUT2D eigenvalue weighted by atomic mass is 79.9. The number of rotatable bonds is 1. The Morgan fingerprint density at radius 3 is 3.06 bits per heavy atom. The summed E-state index contributed by atoms with van der Waals surface area (Å²) in [6, 6.07) is 3.84. The van der Waals surface area contributed by atoms with Gasteiger partial charge in [-0.05, 0) is 28.1 Å². The number of amides is 1. The smallest absolute Gasteiger partial charge is 0.219 e. The van der Waals surface area contributed by atoms with E-state index in [4.69, 9.17) is 4.74 Å². The van der Waals surface area contributed by atoms with Crippen LogP contribution in [0.3, 0.4) is 0 Å². The quantitative estimate of drug-likeness (QED) is 0.789. The molecule has 0 N–H and O–H groups in total. The van der Waals surface area contributed by atoms with E-state index in [2.05, 4.69) is 20.9 Å². The molecule has 5 heteroatoms. The zero-order valence-corrected chi connectivity index (χ0v) is 10.6. The van der Waals surface area contributed by atoms with Crippen molar-refractivity contribution in [1.29, 1.82) is 0 Å². The maximum atomic E-state index is 11.3. The highest BCUT2D eigenvalue weighted by Crippen LogP contribution is 2.21. The summed E-state index contributed by atoms with van der Waals surface area (Å²) in [5.74, 6) is 0.0883. The lowest BCUT2D eigenvalue weighted by atomic mass is 10.2. The molecular formula is C11H13BrN2O2. The Bertz CT molecular complexity index is 380. The van der Waals surface area contributed by atoms with Gasteiger partial charge >= 0.3 is 0 Å². The molecule has 1 amide bonds. The molecule has 0 aromatic carbocycles. The minimum absolute atomic E-state index is 0.0883. The van der Waals surface area contributed by atoms with E-state index < -0.39 is 0 Å². The standard InChI is InChI=1S/C11H13BrN2O2/c1-8(15)14-4-5-16-11(7-14)10-3-2-9(12)6-13-10/h2-3,6,11H,4-5,7H2,1H3/t11-/m1/s1. The molecule has 0 bridgehead atoms. The Morgan fingerprint density at radius 1 is 1.62 bits per heavy atom. The number of nitrogens with zero attached hydrogens (tertiary/aromatic N) is 2. The zero-order valence-electron chi connectivity index (χ0n) is 9.02. The lowest BCUT2D eigenvalue weighted by molar-refractivity contribution is -0.136. The van der Waals surface area contributed by atoms with Crippen LogP contribution in [0.1, 0.15) is 18.7 Å². The summed E-state index contributed by atoms with van der Waals surface area (Å²) in [6.07, 6.45) is 1.64. The maximum Gasteiger partial charge on any atom is 0.219 e. The van der Waals surface area contributed by atoms with Crippen LogP contribution in [0.15, 0.2) is 22.8 Å². The van der Waals surface area contributed by atoms with Crippen molar-refractivity contribution in [3.63, 3.8) is 0 Å². The van der Waals surface area contributed by atoms with Crippen LogP contribution in [-0.4, -0.2) is 35.5 Å². The topological polar surface area (TPSA) is 42.4 Å². The molecule has 0 spiro atoms. The number of morpholine rings is 1. The summed E-state index contributed by atoms with van der Waals surface area (Å²) in [5.41, 5.74) is 0.870. The molecule has 16 heavy (non-hydrogen) atoms. The lowest BCUT2D eigenvalue weighted by Crippen LogP contribution is -2.41. The minimum Gasteiger partial charge on any atom is -0.368 e. The fraction of sp³-hybridized carbons (Fsp3) is 0.455. The monoisotopic (exact) mass is 284 g/mol. The van der Waals surface area contributed by atoms with Crippen LogP contribution in [0.4, 0.5) is 0 Å². The molecule has 1 aliphatic rings. The maximum absolute atomic E-state index is 11.3. The Morgan fingerprint density at radius 2 is 2.44 bits per heavy atom. The van der Waals surface area contributed by atoms with Crippen LogP contribution in [0.2, 0.25) is 0 Å². The Balaban J connectivity index is 2.09. The number of aromatic nitrogens is 1. The van der Waals surface area contributed by atoms with E-state index in [-0.39, 0.29) is 12.0 Å². The molecule has 2 heterocycles. The van der Waals surface area contributed by atoms with Gasteiger partial charge in [-0.15, -0.1) is 0 Å². The summed E-state index contributed by atoms with van der Waals surface area (Å²) in [4.78, 5) is 17.3. The van der Waals surface area contributed by atoms with Crippen molar-refractivity contribution in [3.8, 4) is 0 Å². The number of carbonyl (C=O) groups excluding carboxylic acids is 1. The Hall–Kier alpha value is -0.940. The normalized spacial score (nSPS) is 20.9. The van der Waals surface area contributed by atoms with Crippen LogP contribution in [0.5, 0.6) is 0 Å². The molecule has 1 aromatic heterocycles. The molecule has 0 unspecified atom stereocenters. The molecule has 0 aliphatic carbocycles. The second kappa shape index (κ2) is 4.93. The van der Waals surface area contributed by atoms with Gasteiger partial charge in [-0.25, -0.2) is 0 Å². The summed E-state index contributed by atoms with van der Waals surface area (Å²) in [7, 11) is 0. The first-order chi connectivity index (χ1) is 7.66. The third kappa shape index (κ3) is 2.59. The van der Waals surface area contributed by atoms with E-state index in [0.717, 1.165) is 10.2 Å². The van der Waals surface area contributed by atoms with E-state index in [1.165, 1.54) is 0 Å². The van der Waals surface area contributed by atoms with Crippen LogP contribution < -0.4 is 0 Å². The van der Waals surface area contributed by atoms with Gasteiger partial charge in [-0.1, -0.05) is 0 Å². The second-order valence-electron chi connectivity index (χ2n) is 3.73. The lowest BCUT2D eigenvalue weighted by Gasteiger charge is -2.31. The fourth-order valence-electron chi connectivity index (χ4n) is 1.69. The van der Waals surface area contributed by atoms with Crippen LogP contribution in [0.25, 0.3) is 0 Å². The molecule has 1 aromatic rings. The molecule has 4 nitrogen and oxygen atoms in total. The molecule has 0 radical (unpaired) electrons. The van der Waals surface area contributed by atoms with Crippen molar-refractivity contribution in [3.05, 3.63) is 28.5 Å². The van der Waals surface area contributed by atoms with Gasteiger partial charge < -0.3 is 9.64 Å². The third-order valence-corrected chi connectivity index (χ3v) is 3.06. The van der Waals surface area contributed by atoms with Crippen LogP contribution in [-0.2, 0) is 9.53 Å². The van der Waals surface area contributed by atoms with Gasteiger partial charge in [0.05, 0.1) is 18.8 Å². The Kier molecular flexibility index (Phi) is 3.56. The molecular weight excluding hydrogens is 272 g/mol. The summed E-state index contributed by atoms with van der Waals surface area (Å²) in [5, 5.41) is 0. The second-order valence-corrected chi connectivity index (χ2v) is 4.64. The molecule has 1 atom stereocenters. The number of hydrogen-bond acceptors (Lipinski definition) is 3. The number of pyridine rings is 1. The predicted molar refractivity (Wildman–Crippen MR) is 62.9 cm³/mol. The first kappa shape index (κ1) is 11.5. The fourth-order valence-corrected chi connectivity index (χ4v) is 1.93. The first-order valence-corrected chi connectivity index (χ1v) is 5.94.